The molecule has 1 aromatic heterocycles. The molecule has 0 spiro atoms. The van der Waals surface area contributed by atoms with Crippen molar-refractivity contribution >= 4 is 28.5 Å². The number of hydrogen-bond donors (Lipinski definition) is 2. The van der Waals surface area contributed by atoms with Gasteiger partial charge < -0.3 is 25.1 Å². The number of carbonyl (C=O) groups excluding carboxylic acids is 2. The van der Waals surface area contributed by atoms with Gasteiger partial charge in [0.2, 0.25) is 0 Å². The molecule has 4 aromatic rings. The number of benzene rings is 3. The van der Waals surface area contributed by atoms with Crippen LogP contribution in [0, 0.1) is 12.7 Å². The number of carbonyl (C=O) groups is 2. The summed E-state index contributed by atoms with van der Waals surface area (Å²) in [5, 5.41) is 15.0. The first-order valence-electron chi connectivity index (χ1n) is 16.2. The number of halogens is 1. The van der Waals surface area contributed by atoms with E-state index in [0.717, 1.165) is 36.8 Å². The molecular formula is C36H44FN5O5S. The number of aliphatic hydroxyl groups excluding tert-OH is 1. The molecule has 256 valence electrons. The lowest BCUT2D eigenvalue weighted by atomic mass is 9.93. The largest absolute Gasteiger partial charge is 0.412 e. The number of hydrogen-bond acceptors (Lipinski definition) is 5. The fourth-order valence-corrected chi connectivity index (χ4v) is 6.75. The van der Waals surface area contributed by atoms with Crippen LogP contribution in [0.3, 0.4) is 0 Å². The van der Waals surface area contributed by atoms with Crippen LogP contribution in [0.2, 0.25) is 0 Å². The third kappa shape index (κ3) is 8.00. The zero-order valence-electron chi connectivity index (χ0n) is 27.6. The Bertz CT molecular complexity index is 1750. The Balaban J connectivity index is 0.00000520. The number of nitrogens with one attached hydrogen (secondary N) is 1. The van der Waals surface area contributed by atoms with Crippen molar-refractivity contribution in [1.29, 1.82) is 0 Å². The molecule has 2 atom stereocenters. The van der Waals surface area contributed by atoms with Gasteiger partial charge in [0.05, 0.1) is 28.8 Å². The normalized spacial score (nSPS) is 14.5. The number of nitrogens with zero attached hydrogens (tertiary/aromatic N) is 4. The van der Waals surface area contributed by atoms with E-state index in [-0.39, 0.29) is 40.1 Å². The highest BCUT2D eigenvalue weighted by atomic mass is 32.2. The van der Waals surface area contributed by atoms with Crippen LogP contribution in [0.25, 0.3) is 5.69 Å². The summed E-state index contributed by atoms with van der Waals surface area (Å²) in [6.45, 7) is 7.36. The smallest absolute Gasteiger partial charge is 0.274 e. The van der Waals surface area contributed by atoms with Crippen LogP contribution < -0.4 is 4.72 Å². The van der Waals surface area contributed by atoms with E-state index in [0.29, 0.717) is 43.1 Å². The quantitative estimate of drug-likeness (QED) is 0.200. The molecule has 1 unspecified atom stereocenters. The average Bonchev–Trinajstić information content (AvgIpc) is 3.48. The van der Waals surface area contributed by atoms with E-state index in [4.69, 9.17) is 5.10 Å². The lowest BCUT2D eigenvalue weighted by Crippen LogP contribution is -2.46. The van der Waals surface area contributed by atoms with Gasteiger partial charge in [0.1, 0.15) is 5.82 Å². The molecule has 2 heterocycles. The number of rotatable bonds is 13. The van der Waals surface area contributed by atoms with Crippen LogP contribution in [0.4, 0.5) is 10.1 Å². The summed E-state index contributed by atoms with van der Waals surface area (Å²) in [6, 6.07) is 19.8. The van der Waals surface area contributed by atoms with E-state index in [1.807, 2.05) is 36.1 Å². The van der Waals surface area contributed by atoms with Crippen LogP contribution >= 0.6 is 0 Å². The minimum absolute atomic E-state index is 0. The molecule has 1 aliphatic heterocycles. The number of aromatic nitrogens is 2. The van der Waals surface area contributed by atoms with Crippen LogP contribution in [-0.4, -0.2) is 71.9 Å². The van der Waals surface area contributed by atoms with E-state index in [1.165, 1.54) is 18.2 Å². The summed E-state index contributed by atoms with van der Waals surface area (Å²) in [5.41, 5.74) is 4.01. The third-order valence-corrected chi connectivity index (χ3v) is 9.64. The number of fused-ring (bicyclic) bond motifs is 1. The maximum Gasteiger partial charge on any atom is 0.274 e. The van der Waals surface area contributed by atoms with Crippen molar-refractivity contribution in [2.45, 2.75) is 70.4 Å². The minimum atomic E-state index is -1.94. The summed E-state index contributed by atoms with van der Waals surface area (Å²) >= 11 is 0. The van der Waals surface area contributed by atoms with Crippen molar-refractivity contribution in [1.82, 2.24) is 19.6 Å². The first-order chi connectivity index (χ1) is 22.7. The van der Waals surface area contributed by atoms with E-state index >= 15 is 0 Å². The fraction of sp³-hybridized carbons (Fsp3) is 0.361. The standard InChI is InChI=1S/C36H42FN5O4S.H2O/c1-4-6-18-40(19-7-5-2)36(45)32-20-25(3)42(38-32)33-17-16-28(39-47(46)34-15-11-10-14-31(34)37)22-30(33)35(44)41-23-27-13-9-8-12-26(27)21-29(41)24-43;/h8-17,20,22,29,39,43H,4-7,18-19,21,23-24H2,1-3H3;1H2/t29-,47?;/m0./s1. The topological polar surface area (TPSA) is 139 Å². The first-order valence-corrected chi connectivity index (χ1v) is 17.3. The summed E-state index contributed by atoms with van der Waals surface area (Å²) in [6.07, 6.45) is 4.20. The predicted molar refractivity (Wildman–Crippen MR) is 185 cm³/mol. The Morgan fingerprint density at radius 1 is 1.00 bits per heavy atom. The average molecular weight is 678 g/mol. The number of amides is 2. The van der Waals surface area contributed by atoms with E-state index in [2.05, 4.69) is 18.6 Å². The van der Waals surface area contributed by atoms with Gasteiger partial charge in [-0.05, 0) is 73.7 Å². The number of aryl methyl sites for hydroxylation is 1. The van der Waals surface area contributed by atoms with Gasteiger partial charge in [-0.2, -0.15) is 5.10 Å². The molecule has 12 heteroatoms. The van der Waals surface area contributed by atoms with Crippen molar-refractivity contribution < 1.29 is 28.8 Å². The summed E-state index contributed by atoms with van der Waals surface area (Å²) < 4.78 is 32.0. The SMILES string of the molecule is CCCCN(CCCC)C(=O)c1cc(C)n(-c2ccc(NS(=O)c3ccccc3F)cc2C(=O)N2Cc3ccccc3C[C@H]2CO)n1.O. The molecule has 4 N–H and O–H groups in total. The van der Waals surface area contributed by atoms with Crippen LogP contribution in [-0.2, 0) is 24.0 Å². The van der Waals surface area contributed by atoms with Crippen molar-refractivity contribution in [2.24, 2.45) is 0 Å². The van der Waals surface area contributed by atoms with Crippen molar-refractivity contribution in [3.63, 3.8) is 0 Å². The van der Waals surface area contributed by atoms with Crippen molar-refractivity contribution in [3.05, 3.63) is 107 Å². The number of anilines is 1. The molecule has 3 aromatic carbocycles. The number of aliphatic hydroxyl groups is 1. The second-order valence-electron chi connectivity index (χ2n) is 11.9. The highest BCUT2D eigenvalue weighted by molar-refractivity contribution is 7.86. The van der Waals surface area contributed by atoms with Crippen molar-refractivity contribution in [3.8, 4) is 5.69 Å². The van der Waals surface area contributed by atoms with Gasteiger partial charge >= 0.3 is 0 Å². The highest BCUT2D eigenvalue weighted by Crippen LogP contribution is 2.29. The third-order valence-electron chi connectivity index (χ3n) is 8.49. The molecule has 0 aliphatic carbocycles. The first kappa shape index (κ1) is 36.4. The maximum atomic E-state index is 14.5. The maximum absolute atomic E-state index is 14.5. The van der Waals surface area contributed by atoms with Gasteiger partial charge in [-0.1, -0.05) is 63.1 Å². The summed E-state index contributed by atoms with van der Waals surface area (Å²) in [4.78, 5) is 31.6. The fourth-order valence-electron chi connectivity index (χ4n) is 5.85. The summed E-state index contributed by atoms with van der Waals surface area (Å²) in [5.74, 6) is -1.13. The number of unbranched alkanes of at least 4 members (excludes halogenated alkanes) is 2. The lowest BCUT2D eigenvalue weighted by Gasteiger charge is -2.36. The molecule has 48 heavy (non-hydrogen) atoms. The van der Waals surface area contributed by atoms with Crippen LogP contribution in [0.15, 0.2) is 77.7 Å². The van der Waals surface area contributed by atoms with E-state index < -0.39 is 22.8 Å². The van der Waals surface area contributed by atoms with Crippen LogP contribution in [0.5, 0.6) is 0 Å². The van der Waals surface area contributed by atoms with Gasteiger partial charge in [0, 0.05) is 31.0 Å². The van der Waals surface area contributed by atoms with Gasteiger partial charge in [0.25, 0.3) is 11.8 Å². The van der Waals surface area contributed by atoms with Gasteiger partial charge in [-0.15, -0.1) is 0 Å². The lowest BCUT2D eigenvalue weighted by molar-refractivity contribution is 0.0544. The molecule has 2 amide bonds. The minimum Gasteiger partial charge on any atom is -0.412 e. The van der Waals surface area contributed by atoms with E-state index in [9.17, 15) is 23.3 Å². The molecule has 0 radical (unpaired) electrons. The Morgan fingerprint density at radius 3 is 2.33 bits per heavy atom. The molecule has 0 saturated heterocycles. The molecule has 10 nitrogen and oxygen atoms in total. The second-order valence-corrected chi connectivity index (χ2v) is 13.0. The Kier molecular flexibility index (Phi) is 12.6. The van der Waals surface area contributed by atoms with Crippen molar-refractivity contribution in [2.75, 3.05) is 24.4 Å². The predicted octanol–water partition coefficient (Wildman–Crippen LogP) is 5.23. The Hall–Kier alpha value is -4.39. The highest BCUT2D eigenvalue weighted by Gasteiger charge is 2.32. The zero-order chi connectivity index (χ0) is 33.5. The summed E-state index contributed by atoms with van der Waals surface area (Å²) in [7, 11) is -1.94. The Labute approximate surface area is 283 Å². The van der Waals surface area contributed by atoms with Gasteiger partial charge in [0.15, 0.2) is 16.7 Å². The molecule has 0 bridgehead atoms. The van der Waals surface area contributed by atoms with Crippen LogP contribution in [0.1, 0.15) is 77.2 Å². The monoisotopic (exact) mass is 677 g/mol. The van der Waals surface area contributed by atoms with Gasteiger partial charge in [-0.3, -0.25) is 9.59 Å². The molecule has 5 rings (SSSR count). The molecule has 0 fully saturated rings. The Morgan fingerprint density at radius 2 is 1.67 bits per heavy atom. The molecule has 1 aliphatic rings. The van der Waals surface area contributed by atoms with E-state index in [1.54, 1.807) is 39.9 Å². The molecular weight excluding hydrogens is 633 g/mol. The molecule has 0 saturated carbocycles. The zero-order valence-corrected chi connectivity index (χ0v) is 28.4. The second kappa shape index (κ2) is 16.6. The van der Waals surface area contributed by atoms with Gasteiger partial charge in [-0.25, -0.2) is 13.3 Å².